The van der Waals surface area contributed by atoms with Crippen molar-refractivity contribution in [1.29, 1.82) is 0 Å². The lowest BCUT2D eigenvalue weighted by Gasteiger charge is -2.38. The Kier molecular flexibility index (Phi) is 3.48. The molecule has 0 aromatic carbocycles. The minimum absolute atomic E-state index is 0.395. The summed E-state index contributed by atoms with van der Waals surface area (Å²) >= 11 is 0. The van der Waals surface area contributed by atoms with Crippen LogP contribution in [0.1, 0.15) is 20.3 Å². The van der Waals surface area contributed by atoms with E-state index in [0.29, 0.717) is 6.92 Å². The van der Waals surface area contributed by atoms with E-state index < -0.39 is 30.3 Å². The molecular formula is C7H10F6O. The van der Waals surface area contributed by atoms with Crippen LogP contribution in [0.5, 0.6) is 0 Å². The van der Waals surface area contributed by atoms with E-state index in [1.54, 1.807) is 0 Å². The van der Waals surface area contributed by atoms with Crippen LogP contribution in [-0.2, 0) is 0 Å². The van der Waals surface area contributed by atoms with Gasteiger partial charge in [-0.1, -0.05) is 6.92 Å². The summed E-state index contributed by atoms with van der Waals surface area (Å²) in [6.45, 7) is 1.38. The molecule has 1 nitrogen and oxygen atoms in total. The largest absolute Gasteiger partial charge is 0.431 e. The van der Waals surface area contributed by atoms with Crippen LogP contribution >= 0.6 is 0 Å². The van der Waals surface area contributed by atoms with E-state index in [1.807, 2.05) is 0 Å². The van der Waals surface area contributed by atoms with Gasteiger partial charge in [-0.2, -0.15) is 13.2 Å². The second-order valence-electron chi connectivity index (χ2n) is 3.14. The maximum atomic E-state index is 13.1. The van der Waals surface area contributed by atoms with Gasteiger partial charge in [0.05, 0.1) is 0 Å². The topological polar surface area (TPSA) is 20.2 Å². The quantitative estimate of drug-likeness (QED) is 0.730. The molecule has 86 valence electrons. The van der Waals surface area contributed by atoms with Crippen molar-refractivity contribution in [2.45, 2.75) is 44.1 Å². The monoisotopic (exact) mass is 224 g/mol. The molecule has 0 radical (unpaired) electrons. The number of hydrogen-bond donors (Lipinski definition) is 1. The summed E-state index contributed by atoms with van der Waals surface area (Å²) in [5.41, 5.74) is -8.03. The van der Waals surface area contributed by atoms with E-state index in [9.17, 15) is 26.3 Å². The third-order valence-corrected chi connectivity index (χ3v) is 2.19. The fourth-order valence-electron chi connectivity index (χ4n) is 0.921. The van der Waals surface area contributed by atoms with Crippen LogP contribution in [0.4, 0.5) is 26.3 Å². The highest BCUT2D eigenvalue weighted by atomic mass is 19.4. The third-order valence-electron chi connectivity index (χ3n) is 2.19. The average Bonchev–Trinajstić information content (AvgIpc) is 2.00. The summed E-state index contributed by atoms with van der Waals surface area (Å²) in [4.78, 5) is 0. The lowest BCUT2D eigenvalue weighted by atomic mass is 9.83. The molecule has 0 saturated carbocycles. The summed E-state index contributed by atoms with van der Waals surface area (Å²) in [5.74, 6) is 0. The molecule has 0 aliphatic carbocycles. The highest BCUT2D eigenvalue weighted by Crippen LogP contribution is 2.47. The Bertz CT molecular complexity index is 199. The van der Waals surface area contributed by atoms with E-state index in [0.717, 1.165) is 6.92 Å². The Morgan fingerprint density at radius 3 is 1.57 bits per heavy atom. The van der Waals surface area contributed by atoms with Gasteiger partial charge in [-0.25, -0.2) is 13.2 Å². The molecule has 2 atom stereocenters. The normalized spacial score (nSPS) is 21.9. The molecule has 0 rings (SSSR count). The smallest absolute Gasteiger partial charge is 0.386 e. The summed E-state index contributed by atoms with van der Waals surface area (Å²) in [5, 5.41) is 8.97. The van der Waals surface area contributed by atoms with Gasteiger partial charge in [0.1, 0.15) is 5.60 Å². The molecule has 0 aromatic heterocycles. The molecule has 14 heavy (non-hydrogen) atoms. The Labute approximate surface area is 76.7 Å². The van der Waals surface area contributed by atoms with E-state index in [4.69, 9.17) is 5.11 Å². The number of hydrogen-bond acceptors (Lipinski definition) is 1. The molecule has 7 heteroatoms. The van der Waals surface area contributed by atoms with Crippen molar-refractivity contribution in [1.82, 2.24) is 0 Å². The minimum atomic E-state index is -5.80. The SMILES string of the molecule is CCC(C)(O)C(F)(C(F)F)C(F)(F)F. The zero-order valence-corrected chi connectivity index (χ0v) is 7.50. The van der Waals surface area contributed by atoms with Gasteiger partial charge in [-0.3, -0.25) is 0 Å². The molecule has 0 aromatic rings. The van der Waals surface area contributed by atoms with Crippen molar-refractivity contribution in [3.05, 3.63) is 0 Å². The van der Waals surface area contributed by atoms with Crippen LogP contribution in [-0.4, -0.2) is 29.0 Å². The van der Waals surface area contributed by atoms with Gasteiger partial charge in [-0.05, 0) is 13.3 Å². The van der Waals surface area contributed by atoms with E-state index in [-0.39, 0.29) is 0 Å². The summed E-state index contributed by atoms with van der Waals surface area (Å²) in [6, 6.07) is 0. The van der Waals surface area contributed by atoms with Crippen molar-refractivity contribution in [3.63, 3.8) is 0 Å². The average molecular weight is 224 g/mol. The van der Waals surface area contributed by atoms with Crippen molar-refractivity contribution in [3.8, 4) is 0 Å². The van der Waals surface area contributed by atoms with Crippen LogP contribution < -0.4 is 0 Å². The Morgan fingerprint density at radius 2 is 1.50 bits per heavy atom. The predicted molar refractivity (Wildman–Crippen MR) is 36.8 cm³/mol. The lowest BCUT2D eigenvalue weighted by Crippen LogP contribution is -2.62. The molecule has 0 fully saturated rings. The molecule has 1 N–H and O–H groups in total. The molecule has 2 unspecified atom stereocenters. The van der Waals surface area contributed by atoms with Crippen LogP contribution in [0.2, 0.25) is 0 Å². The zero-order valence-electron chi connectivity index (χ0n) is 7.50. The summed E-state index contributed by atoms with van der Waals surface area (Å²) < 4.78 is 73.2. The first-order valence-corrected chi connectivity index (χ1v) is 3.77. The molecule has 0 aliphatic heterocycles. The molecule has 0 amide bonds. The first-order chi connectivity index (χ1) is 6.00. The van der Waals surface area contributed by atoms with E-state index in [2.05, 4.69) is 0 Å². The first-order valence-electron chi connectivity index (χ1n) is 3.77. The summed E-state index contributed by atoms with van der Waals surface area (Å²) in [6.07, 6.45) is -10.9. The number of aliphatic hydroxyl groups is 1. The van der Waals surface area contributed by atoms with Crippen molar-refractivity contribution < 1.29 is 31.4 Å². The predicted octanol–water partition coefficient (Wildman–Crippen LogP) is 2.68. The Morgan fingerprint density at radius 1 is 1.14 bits per heavy atom. The van der Waals surface area contributed by atoms with Gasteiger partial charge < -0.3 is 5.11 Å². The fraction of sp³-hybridized carbons (Fsp3) is 1.00. The summed E-state index contributed by atoms with van der Waals surface area (Å²) in [7, 11) is 0. The Balaban J connectivity index is 5.33. The molecule has 0 bridgehead atoms. The highest BCUT2D eigenvalue weighted by Gasteiger charge is 2.71. The van der Waals surface area contributed by atoms with Gasteiger partial charge in [0.2, 0.25) is 0 Å². The fourth-order valence-corrected chi connectivity index (χ4v) is 0.921. The van der Waals surface area contributed by atoms with Crippen LogP contribution in [0.3, 0.4) is 0 Å². The molecule has 0 saturated heterocycles. The molecular weight excluding hydrogens is 214 g/mol. The second kappa shape index (κ2) is 3.60. The number of rotatable bonds is 3. The van der Waals surface area contributed by atoms with Crippen LogP contribution in [0.15, 0.2) is 0 Å². The van der Waals surface area contributed by atoms with Crippen molar-refractivity contribution in [2.75, 3.05) is 0 Å². The van der Waals surface area contributed by atoms with E-state index in [1.165, 1.54) is 0 Å². The maximum absolute atomic E-state index is 13.1. The maximum Gasteiger partial charge on any atom is 0.431 e. The zero-order chi connectivity index (χ0) is 11.8. The van der Waals surface area contributed by atoms with Gasteiger partial charge >= 0.3 is 6.18 Å². The van der Waals surface area contributed by atoms with Crippen LogP contribution in [0.25, 0.3) is 0 Å². The number of alkyl halides is 6. The van der Waals surface area contributed by atoms with Gasteiger partial charge in [0.15, 0.2) is 0 Å². The minimum Gasteiger partial charge on any atom is -0.386 e. The first kappa shape index (κ1) is 13.5. The number of halogens is 6. The van der Waals surface area contributed by atoms with Crippen molar-refractivity contribution >= 4 is 0 Å². The molecule has 0 spiro atoms. The van der Waals surface area contributed by atoms with Crippen LogP contribution in [0, 0.1) is 0 Å². The highest BCUT2D eigenvalue weighted by molar-refractivity contribution is 5.04. The second-order valence-corrected chi connectivity index (χ2v) is 3.14. The standard InChI is InChI=1S/C7H10F6O/c1-3-5(2,14)6(10,4(8)9)7(11,12)13/h4,14H,3H2,1-2H3. The van der Waals surface area contributed by atoms with Gasteiger partial charge in [0, 0.05) is 0 Å². The third kappa shape index (κ3) is 1.82. The van der Waals surface area contributed by atoms with Gasteiger partial charge in [-0.15, -0.1) is 0 Å². The Hall–Kier alpha value is -0.460. The van der Waals surface area contributed by atoms with E-state index >= 15 is 0 Å². The van der Waals surface area contributed by atoms with Crippen molar-refractivity contribution in [2.24, 2.45) is 0 Å². The molecule has 0 aliphatic rings. The lowest BCUT2D eigenvalue weighted by molar-refractivity contribution is -0.320. The molecule has 0 heterocycles. The van der Waals surface area contributed by atoms with Gasteiger partial charge in [0.25, 0.3) is 12.1 Å².